The quantitative estimate of drug-likeness (QED) is 0.248. The average Bonchev–Trinajstić information content (AvgIpc) is 2.87. The highest BCUT2D eigenvalue weighted by Crippen LogP contribution is 2.50. The third-order valence-electron chi connectivity index (χ3n) is 7.50. The number of aliphatic hydroxyl groups excluding tert-OH is 2. The predicted octanol–water partition coefficient (Wildman–Crippen LogP) is 1.53. The summed E-state index contributed by atoms with van der Waals surface area (Å²) in [6.07, 6.45) is -0.0757. The van der Waals surface area contributed by atoms with Crippen LogP contribution in [0.2, 0.25) is 0 Å². The van der Waals surface area contributed by atoms with Crippen molar-refractivity contribution in [1.29, 1.82) is 0 Å². The normalized spacial score (nSPS) is 33.0. The number of ether oxygens (including phenoxy) is 5. The van der Waals surface area contributed by atoms with Gasteiger partial charge in [-0.15, -0.1) is 0 Å². The molecular formula is C29H44O12. The van der Waals surface area contributed by atoms with Crippen molar-refractivity contribution in [2.24, 2.45) is 11.3 Å². The van der Waals surface area contributed by atoms with Crippen molar-refractivity contribution in [3.05, 3.63) is 23.8 Å². The Hall–Kier alpha value is -2.80. The molecule has 0 amide bonds. The first-order valence-electron chi connectivity index (χ1n) is 13.9. The molecule has 2 aliphatic rings. The van der Waals surface area contributed by atoms with Gasteiger partial charge in [0.25, 0.3) is 0 Å². The van der Waals surface area contributed by atoms with Crippen LogP contribution in [0.3, 0.4) is 0 Å². The molecule has 232 valence electrons. The molecular weight excluding hydrogens is 540 g/mol. The lowest BCUT2D eigenvalue weighted by Gasteiger charge is -2.51. The lowest BCUT2D eigenvalue weighted by Crippen LogP contribution is -2.59. The van der Waals surface area contributed by atoms with Gasteiger partial charge in [0, 0.05) is 44.1 Å². The first-order chi connectivity index (χ1) is 19.2. The number of carbonyl (C=O) groups is 4. The first kappa shape index (κ1) is 34.4. The molecule has 2 rings (SSSR count). The third kappa shape index (κ3) is 10.2. The van der Waals surface area contributed by atoms with Gasteiger partial charge in [-0.2, -0.15) is 0 Å². The summed E-state index contributed by atoms with van der Waals surface area (Å²) in [4.78, 5) is 49.5. The van der Waals surface area contributed by atoms with Crippen LogP contribution in [-0.4, -0.2) is 96.1 Å². The summed E-state index contributed by atoms with van der Waals surface area (Å²) < 4.78 is 26.6. The molecule has 1 unspecified atom stereocenters. The van der Waals surface area contributed by atoms with Crippen molar-refractivity contribution in [2.45, 2.75) is 96.2 Å². The maximum atomic E-state index is 12.6. The molecule has 0 radical (unpaired) electrons. The van der Waals surface area contributed by atoms with E-state index in [4.69, 9.17) is 23.7 Å². The molecule has 12 heteroatoms. The highest BCUT2D eigenvalue weighted by Gasteiger charge is 2.55. The summed E-state index contributed by atoms with van der Waals surface area (Å²) >= 11 is 0. The smallest absolute Gasteiger partial charge is 0.330 e. The molecule has 12 nitrogen and oxygen atoms in total. The summed E-state index contributed by atoms with van der Waals surface area (Å²) in [6, 6.07) is 0. The molecule has 1 saturated carbocycles. The van der Waals surface area contributed by atoms with E-state index < -0.39 is 65.2 Å². The zero-order chi connectivity index (χ0) is 30.8. The van der Waals surface area contributed by atoms with Crippen LogP contribution < -0.4 is 0 Å². The van der Waals surface area contributed by atoms with Crippen LogP contribution in [0.5, 0.6) is 0 Å². The minimum atomic E-state index is -1.85. The van der Waals surface area contributed by atoms with Crippen LogP contribution in [-0.2, 0) is 42.9 Å². The fraction of sp³-hybridized carbons (Fsp3) is 0.724. The molecule has 1 aliphatic carbocycles. The molecule has 41 heavy (non-hydrogen) atoms. The SMILES string of the molecule is COC(=O)/C=C1\CC2C[C@H]([C@@H](C)O)OC(=O)C[C@H](O)CCOCCCOC(=O)/C=C/C(C)(C)[C@](O)(C2)[C@H]1OC(C)=O. The van der Waals surface area contributed by atoms with Crippen molar-refractivity contribution in [2.75, 3.05) is 26.9 Å². The number of hydrogen-bond acceptors (Lipinski definition) is 12. The molecule has 0 aromatic rings. The number of fused-ring (bicyclic) bond motifs is 2. The molecule has 1 fully saturated rings. The second-order valence-corrected chi connectivity index (χ2v) is 11.3. The lowest BCUT2D eigenvalue weighted by atomic mass is 9.60. The van der Waals surface area contributed by atoms with Gasteiger partial charge in [-0.25, -0.2) is 9.59 Å². The summed E-state index contributed by atoms with van der Waals surface area (Å²) in [6.45, 7) is 6.48. The van der Waals surface area contributed by atoms with Crippen molar-refractivity contribution in [1.82, 2.24) is 0 Å². The molecule has 6 atom stereocenters. The van der Waals surface area contributed by atoms with Crippen LogP contribution in [0, 0.1) is 11.3 Å². The van der Waals surface area contributed by atoms with E-state index in [-0.39, 0.29) is 57.5 Å². The zero-order valence-electron chi connectivity index (χ0n) is 24.5. The van der Waals surface area contributed by atoms with Crippen LogP contribution in [0.4, 0.5) is 0 Å². The maximum absolute atomic E-state index is 12.6. The van der Waals surface area contributed by atoms with E-state index in [1.54, 1.807) is 13.8 Å². The molecule has 0 saturated heterocycles. The molecule has 3 N–H and O–H groups in total. The summed E-state index contributed by atoms with van der Waals surface area (Å²) in [7, 11) is 1.19. The minimum Gasteiger partial charge on any atom is -0.466 e. The Balaban J connectivity index is 2.55. The number of hydrogen-bond donors (Lipinski definition) is 3. The monoisotopic (exact) mass is 584 g/mol. The summed E-state index contributed by atoms with van der Waals surface area (Å²) in [5.74, 6) is -3.25. The van der Waals surface area contributed by atoms with Gasteiger partial charge in [0.05, 0.1) is 32.3 Å². The number of esters is 4. The minimum absolute atomic E-state index is 0.00339. The van der Waals surface area contributed by atoms with E-state index >= 15 is 0 Å². The van der Waals surface area contributed by atoms with Crippen LogP contribution in [0.25, 0.3) is 0 Å². The van der Waals surface area contributed by atoms with Gasteiger partial charge in [-0.3, -0.25) is 9.59 Å². The molecule has 1 aliphatic heterocycles. The van der Waals surface area contributed by atoms with E-state index in [1.807, 2.05) is 0 Å². The number of methoxy groups -OCH3 is 1. The molecule has 0 spiro atoms. The fourth-order valence-corrected chi connectivity index (χ4v) is 5.13. The standard InChI is InChI=1S/C29H44O12/c1-18(30)23-14-20-13-21(15-25(34)37-5)27(40-19(2)31)29(36,17-20)28(3,4)9-7-24(33)39-11-6-10-38-12-8-22(32)16-26(35)41-23/h7,9,15,18,20,22-23,27,30,32,36H,6,8,10-14,16-17H2,1-5H3/b9-7+,21-15+/t18-,20?,22-,23-,27+,29+/m1/s1. The van der Waals surface area contributed by atoms with Gasteiger partial charge < -0.3 is 39.0 Å². The van der Waals surface area contributed by atoms with E-state index in [9.17, 15) is 34.5 Å². The largest absolute Gasteiger partial charge is 0.466 e. The Labute approximate surface area is 240 Å². The summed E-state index contributed by atoms with van der Waals surface area (Å²) in [5, 5.41) is 32.9. The number of rotatable bonds is 3. The number of cyclic esters (lactones) is 2. The Kier molecular flexibility index (Phi) is 13.0. The van der Waals surface area contributed by atoms with Crippen LogP contribution >= 0.6 is 0 Å². The Morgan fingerprint density at radius 1 is 1.17 bits per heavy atom. The highest BCUT2D eigenvalue weighted by atomic mass is 16.6. The van der Waals surface area contributed by atoms with Gasteiger partial charge in [-0.05, 0) is 44.1 Å². The molecule has 0 aromatic heterocycles. The van der Waals surface area contributed by atoms with Crippen molar-refractivity contribution in [3.63, 3.8) is 0 Å². The Bertz CT molecular complexity index is 984. The van der Waals surface area contributed by atoms with Crippen molar-refractivity contribution < 1.29 is 58.2 Å². The maximum Gasteiger partial charge on any atom is 0.330 e. The lowest BCUT2D eigenvalue weighted by molar-refractivity contribution is -0.184. The van der Waals surface area contributed by atoms with E-state index in [0.29, 0.717) is 6.42 Å². The van der Waals surface area contributed by atoms with Gasteiger partial charge in [-0.1, -0.05) is 19.9 Å². The molecule has 1 heterocycles. The number of aliphatic hydroxyl groups is 3. The van der Waals surface area contributed by atoms with Gasteiger partial charge in [0.2, 0.25) is 0 Å². The van der Waals surface area contributed by atoms with E-state index in [1.165, 1.54) is 33.1 Å². The highest BCUT2D eigenvalue weighted by molar-refractivity contribution is 5.83. The third-order valence-corrected chi connectivity index (χ3v) is 7.50. The molecule has 2 bridgehead atoms. The van der Waals surface area contributed by atoms with Gasteiger partial charge in [0.15, 0.2) is 6.10 Å². The van der Waals surface area contributed by atoms with E-state index in [0.717, 1.165) is 6.08 Å². The number of carbonyl (C=O) groups excluding carboxylic acids is 4. The van der Waals surface area contributed by atoms with E-state index in [2.05, 4.69) is 0 Å². The fourth-order valence-electron chi connectivity index (χ4n) is 5.13. The first-order valence-corrected chi connectivity index (χ1v) is 13.9. The molecule has 0 aromatic carbocycles. The topological polar surface area (TPSA) is 175 Å². The van der Waals surface area contributed by atoms with Crippen LogP contribution in [0.1, 0.15) is 66.2 Å². The second kappa shape index (κ2) is 15.4. The van der Waals surface area contributed by atoms with Gasteiger partial charge >= 0.3 is 23.9 Å². The van der Waals surface area contributed by atoms with Crippen molar-refractivity contribution in [3.8, 4) is 0 Å². The predicted molar refractivity (Wildman–Crippen MR) is 144 cm³/mol. The van der Waals surface area contributed by atoms with Crippen molar-refractivity contribution >= 4 is 23.9 Å². The van der Waals surface area contributed by atoms with Gasteiger partial charge in [0.1, 0.15) is 11.7 Å². The second-order valence-electron chi connectivity index (χ2n) is 11.3. The Morgan fingerprint density at radius 2 is 1.88 bits per heavy atom. The summed E-state index contributed by atoms with van der Waals surface area (Å²) in [5.41, 5.74) is -2.80. The average molecular weight is 585 g/mol. The Morgan fingerprint density at radius 3 is 2.51 bits per heavy atom. The van der Waals surface area contributed by atoms with Crippen LogP contribution in [0.15, 0.2) is 23.8 Å². The zero-order valence-corrected chi connectivity index (χ0v) is 24.5.